The van der Waals surface area contributed by atoms with E-state index in [2.05, 4.69) is 11.8 Å². The Morgan fingerprint density at radius 1 is 1.62 bits per heavy atom. The predicted molar refractivity (Wildman–Crippen MR) is 31.7 cm³/mol. The van der Waals surface area contributed by atoms with E-state index >= 15 is 0 Å². The number of hydrogen-bond donors (Lipinski definition) is 1. The first-order chi connectivity index (χ1) is 3.50. The Kier molecular flexibility index (Phi) is 2.00. The first-order valence-electron chi connectivity index (χ1n) is 2.77. The van der Waals surface area contributed by atoms with Gasteiger partial charge < -0.3 is 5.73 Å². The lowest BCUT2D eigenvalue weighted by Gasteiger charge is -2.14. The zero-order valence-corrected chi connectivity index (χ0v) is 5.73. The maximum absolute atomic E-state index is 8.45. The third-order valence-corrected chi connectivity index (χ3v) is 1.53. The Bertz CT molecular complexity index is 108. The summed E-state index contributed by atoms with van der Waals surface area (Å²) in [6.45, 7) is 5.84. The van der Waals surface area contributed by atoms with Crippen LogP contribution in [-0.2, 0) is 0 Å². The highest BCUT2D eigenvalue weighted by Gasteiger charge is 2.25. The lowest BCUT2D eigenvalue weighted by atomic mass is 9.92. The van der Waals surface area contributed by atoms with Gasteiger partial charge in [-0.1, -0.05) is 13.8 Å². The lowest BCUT2D eigenvalue weighted by Crippen LogP contribution is -2.72. The molecule has 8 heavy (non-hydrogen) atoms. The second-order valence-corrected chi connectivity index (χ2v) is 2.68. The summed E-state index contributed by atoms with van der Waals surface area (Å²) in [5, 5.41) is 8.45. The third kappa shape index (κ3) is 1.51. The molecule has 0 rings (SSSR count). The van der Waals surface area contributed by atoms with Crippen LogP contribution in [0.2, 0.25) is 0 Å². The molecule has 0 radical (unpaired) electrons. The van der Waals surface area contributed by atoms with E-state index in [1.54, 1.807) is 0 Å². The van der Waals surface area contributed by atoms with E-state index in [-0.39, 0.29) is 0 Å². The molecule has 3 N–H and O–H groups in total. The average Bonchev–Trinajstić information content (AvgIpc) is 1.67. The van der Waals surface area contributed by atoms with E-state index in [1.807, 2.05) is 20.8 Å². The molecule has 0 aromatic heterocycles. The summed E-state index contributed by atoms with van der Waals surface area (Å²) in [6.07, 6.45) is 0. The molecule has 0 aliphatic heterocycles. The highest BCUT2D eigenvalue weighted by molar-refractivity contribution is 4.96. The monoisotopic (exact) mass is 113 g/mol. The second-order valence-electron chi connectivity index (χ2n) is 2.68. The molecule has 0 saturated heterocycles. The van der Waals surface area contributed by atoms with Gasteiger partial charge in [0.25, 0.3) is 0 Å². The quantitative estimate of drug-likeness (QED) is 0.517. The molecule has 0 amide bonds. The van der Waals surface area contributed by atoms with Crippen LogP contribution < -0.4 is 5.73 Å². The molecule has 1 atom stereocenters. The fourth-order valence-electron chi connectivity index (χ4n) is 0.129. The summed E-state index contributed by atoms with van der Waals surface area (Å²) in [7, 11) is 0. The van der Waals surface area contributed by atoms with Crippen molar-refractivity contribution in [3.05, 3.63) is 0 Å². The van der Waals surface area contributed by atoms with Crippen molar-refractivity contribution in [2.24, 2.45) is 5.92 Å². The van der Waals surface area contributed by atoms with Crippen molar-refractivity contribution < 1.29 is 5.73 Å². The van der Waals surface area contributed by atoms with E-state index in [4.69, 9.17) is 5.26 Å². The number of rotatable bonds is 1. The Morgan fingerprint density at radius 2 is 2.00 bits per heavy atom. The van der Waals surface area contributed by atoms with Gasteiger partial charge in [-0.15, -0.1) is 0 Å². The SMILES string of the molecule is CC(C)C(C)([NH3+])C#N. The smallest absolute Gasteiger partial charge is 0.181 e. The van der Waals surface area contributed by atoms with Gasteiger partial charge in [-0.25, -0.2) is 0 Å². The van der Waals surface area contributed by atoms with Gasteiger partial charge in [-0.2, -0.15) is 5.26 Å². The maximum atomic E-state index is 8.45. The predicted octanol–water partition coefficient (Wildman–Crippen LogP) is 0.167. The van der Waals surface area contributed by atoms with Gasteiger partial charge in [0.1, 0.15) is 6.07 Å². The van der Waals surface area contributed by atoms with Crippen molar-refractivity contribution in [2.75, 3.05) is 0 Å². The van der Waals surface area contributed by atoms with Gasteiger partial charge >= 0.3 is 0 Å². The number of hydrogen-bond acceptors (Lipinski definition) is 1. The minimum atomic E-state index is -0.403. The molecule has 0 fully saturated rings. The highest BCUT2D eigenvalue weighted by Crippen LogP contribution is 2.07. The van der Waals surface area contributed by atoms with Crippen molar-refractivity contribution in [3.8, 4) is 6.07 Å². The minimum absolute atomic E-state index is 0.340. The van der Waals surface area contributed by atoms with Gasteiger partial charge in [-0.3, -0.25) is 0 Å². The van der Waals surface area contributed by atoms with E-state index < -0.39 is 5.54 Å². The van der Waals surface area contributed by atoms with Gasteiger partial charge in [0, 0.05) is 12.8 Å². The fraction of sp³-hybridized carbons (Fsp3) is 0.833. The van der Waals surface area contributed by atoms with Crippen LogP contribution in [0.5, 0.6) is 0 Å². The highest BCUT2D eigenvalue weighted by atomic mass is 14.7. The van der Waals surface area contributed by atoms with Crippen LogP contribution in [0, 0.1) is 17.2 Å². The van der Waals surface area contributed by atoms with E-state index in [1.165, 1.54) is 0 Å². The molecular weight excluding hydrogens is 100 g/mol. The molecule has 1 unspecified atom stereocenters. The largest absolute Gasteiger partial charge is 0.341 e. The Labute approximate surface area is 50.3 Å². The van der Waals surface area contributed by atoms with Crippen molar-refractivity contribution in [1.29, 1.82) is 5.26 Å². The van der Waals surface area contributed by atoms with Crippen molar-refractivity contribution >= 4 is 0 Å². The third-order valence-electron chi connectivity index (χ3n) is 1.53. The molecule has 2 nitrogen and oxygen atoms in total. The molecular formula is C6H13N2+. The molecule has 0 saturated carbocycles. The summed E-state index contributed by atoms with van der Waals surface area (Å²) in [6, 6.07) is 2.13. The van der Waals surface area contributed by atoms with Crippen LogP contribution in [0.4, 0.5) is 0 Å². The van der Waals surface area contributed by atoms with E-state index in [0.717, 1.165) is 0 Å². The number of quaternary nitrogens is 1. The standard InChI is InChI=1S/C6H12N2/c1-5(2)6(3,8)4-7/h5H,8H2,1-3H3/p+1. The number of nitriles is 1. The zero-order chi connectivity index (χ0) is 6.78. The van der Waals surface area contributed by atoms with E-state index in [0.29, 0.717) is 5.92 Å². The molecule has 0 aromatic carbocycles. The van der Waals surface area contributed by atoms with Crippen LogP contribution in [0.25, 0.3) is 0 Å². The van der Waals surface area contributed by atoms with Gasteiger partial charge in [0.15, 0.2) is 5.54 Å². The fourth-order valence-corrected chi connectivity index (χ4v) is 0.129. The molecule has 0 aliphatic carbocycles. The molecule has 0 aromatic rings. The molecule has 0 bridgehead atoms. The lowest BCUT2D eigenvalue weighted by molar-refractivity contribution is -0.461. The van der Waals surface area contributed by atoms with Crippen LogP contribution in [-0.4, -0.2) is 5.54 Å². The first kappa shape index (κ1) is 7.45. The summed E-state index contributed by atoms with van der Waals surface area (Å²) in [5.74, 6) is 0.340. The minimum Gasteiger partial charge on any atom is -0.341 e. The van der Waals surface area contributed by atoms with Crippen LogP contribution in [0.3, 0.4) is 0 Å². The van der Waals surface area contributed by atoms with Gasteiger partial charge in [-0.05, 0) is 0 Å². The van der Waals surface area contributed by atoms with Gasteiger partial charge in [0.2, 0.25) is 0 Å². The molecule has 0 spiro atoms. The van der Waals surface area contributed by atoms with Crippen LogP contribution in [0.1, 0.15) is 20.8 Å². The van der Waals surface area contributed by atoms with Crippen molar-refractivity contribution in [2.45, 2.75) is 26.3 Å². The van der Waals surface area contributed by atoms with Gasteiger partial charge in [0.05, 0.1) is 0 Å². The summed E-state index contributed by atoms with van der Waals surface area (Å²) in [4.78, 5) is 0. The summed E-state index contributed by atoms with van der Waals surface area (Å²) in [5.41, 5.74) is 3.32. The average molecular weight is 113 g/mol. The second kappa shape index (κ2) is 2.15. The molecule has 0 aliphatic rings. The Hall–Kier alpha value is -0.550. The molecule has 46 valence electrons. The summed E-state index contributed by atoms with van der Waals surface area (Å²) < 4.78 is 0. The Balaban J connectivity index is 3.97. The van der Waals surface area contributed by atoms with Crippen LogP contribution >= 0.6 is 0 Å². The topological polar surface area (TPSA) is 51.4 Å². The van der Waals surface area contributed by atoms with Crippen molar-refractivity contribution in [1.82, 2.24) is 0 Å². The van der Waals surface area contributed by atoms with E-state index in [9.17, 15) is 0 Å². The normalized spacial score (nSPS) is 17.5. The zero-order valence-electron chi connectivity index (χ0n) is 5.73. The summed E-state index contributed by atoms with van der Waals surface area (Å²) >= 11 is 0. The molecule has 0 heterocycles. The maximum Gasteiger partial charge on any atom is 0.181 e. The van der Waals surface area contributed by atoms with Crippen molar-refractivity contribution in [3.63, 3.8) is 0 Å². The molecule has 2 heteroatoms. The van der Waals surface area contributed by atoms with Crippen LogP contribution in [0.15, 0.2) is 0 Å². The Morgan fingerprint density at radius 3 is 2.00 bits per heavy atom. The first-order valence-corrected chi connectivity index (χ1v) is 2.77. The number of nitrogens with zero attached hydrogens (tertiary/aromatic N) is 1.